The number of nitrogens with one attached hydrogen (secondary N) is 1. The molecule has 0 spiro atoms. The maximum atomic E-state index is 14.0. The molecule has 0 aliphatic carbocycles. The van der Waals surface area contributed by atoms with Crippen LogP contribution in [0.4, 0.5) is 21.7 Å². The molecule has 2 unspecified atom stereocenters. The standard InChI is InChI=1S/C26H24FN5O4/c1-14-10-16(27)20(32(33)34)11-18(14)30-25-28-9-8-17(29-25)24-15-6-4-5-7-19(15)31-13-23-22(12-21(24)31)35-26(2,3)36-23/h4-11,22-23H,12-13H2,1-3H3,(H,28,29,30). The van der Waals surface area contributed by atoms with Crippen molar-refractivity contribution in [3.05, 3.63) is 75.9 Å². The number of nitro groups is 1. The lowest BCUT2D eigenvalue weighted by Gasteiger charge is -2.26. The Hall–Kier alpha value is -3.89. The van der Waals surface area contributed by atoms with Crippen LogP contribution in [-0.4, -0.2) is 37.5 Å². The molecule has 2 aliphatic heterocycles. The molecule has 2 aliphatic rings. The fourth-order valence-corrected chi connectivity index (χ4v) is 5.28. The van der Waals surface area contributed by atoms with E-state index in [1.165, 1.54) is 0 Å². The molecule has 0 amide bonds. The van der Waals surface area contributed by atoms with Gasteiger partial charge in [-0.2, -0.15) is 4.39 Å². The number of anilines is 2. The number of nitrogens with zero attached hydrogens (tertiary/aromatic N) is 4. The lowest BCUT2D eigenvalue weighted by Crippen LogP contribution is -2.35. The van der Waals surface area contributed by atoms with Crippen molar-refractivity contribution in [1.29, 1.82) is 0 Å². The molecule has 36 heavy (non-hydrogen) atoms. The van der Waals surface area contributed by atoms with Crippen molar-refractivity contribution in [2.45, 2.75) is 51.7 Å². The number of hydrogen-bond acceptors (Lipinski definition) is 7. The van der Waals surface area contributed by atoms with Gasteiger partial charge in [-0.3, -0.25) is 10.1 Å². The summed E-state index contributed by atoms with van der Waals surface area (Å²) in [5.74, 6) is -1.25. The Labute approximate surface area is 206 Å². The number of rotatable bonds is 4. The van der Waals surface area contributed by atoms with E-state index in [4.69, 9.17) is 14.5 Å². The van der Waals surface area contributed by atoms with Gasteiger partial charge in [-0.05, 0) is 44.5 Å². The second kappa shape index (κ2) is 8.07. The fourth-order valence-electron chi connectivity index (χ4n) is 5.28. The van der Waals surface area contributed by atoms with Crippen LogP contribution >= 0.6 is 0 Å². The van der Waals surface area contributed by atoms with Gasteiger partial charge in [0.1, 0.15) is 6.10 Å². The normalized spacial score (nSPS) is 20.2. The topological polar surface area (TPSA) is 104 Å². The van der Waals surface area contributed by atoms with Gasteiger partial charge in [0.2, 0.25) is 11.8 Å². The summed E-state index contributed by atoms with van der Waals surface area (Å²) in [7, 11) is 0. The molecule has 0 bridgehead atoms. The summed E-state index contributed by atoms with van der Waals surface area (Å²) < 4.78 is 28.6. The highest BCUT2D eigenvalue weighted by Gasteiger charge is 2.45. The number of hydrogen-bond donors (Lipinski definition) is 1. The molecule has 1 saturated heterocycles. The predicted molar refractivity (Wildman–Crippen MR) is 132 cm³/mol. The molecule has 6 rings (SSSR count). The molecule has 184 valence electrons. The van der Waals surface area contributed by atoms with Gasteiger partial charge in [-0.25, -0.2) is 9.97 Å². The third-order valence-electron chi connectivity index (χ3n) is 6.77. The Kier molecular flexibility index (Phi) is 5.06. The highest BCUT2D eigenvalue weighted by molar-refractivity contribution is 5.97. The molecule has 0 saturated carbocycles. The summed E-state index contributed by atoms with van der Waals surface area (Å²) in [6.45, 7) is 6.21. The molecular formula is C26H24FN5O4. The van der Waals surface area contributed by atoms with E-state index in [2.05, 4.69) is 27.0 Å². The molecule has 2 aromatic heterocycles. The van der Waals surface area contributed by atoms with E-state index in [0.29, 0.717) is 29.9 Å². The van der Waals surface area contributed by atoms with E-state index in [0.717, 1.165) is 34.3 Å². The first-order valence-electron chi connectivity index (χ1n) is 11.7. The molecule has 10 heteroatoms. The van der Waals surface area contributed by atoms with Gasteiger partial charge in [0.15, 0.2) is 5.79 Å². The molecule has 4 heterocycles. The lowest BCUT2D eigenvalue weighted by molar-refractivity contribution is -0.387. The number of nitro benzene ring substituents is 1. The van der Waals surface area contributed by atoms with E-state index >= 15 is 0 Å². The van der Waals surface area contributed by atoms with Crippen molar-refractivity contribution in [1.82, 2.24) is 14.5 Å². The summed E-state index contributed by atoms with van der Waals surface area (Å²) in [4.78, 5) is 19.5. The van der Waals surface area contributed by atoms with Gasteiger partial charge in [-0.1, -0.05) is 18.2 Å². The van der Waals surface area contributed by atoms with Crippen LogP contribution in [0, 0.1) is 22.9 Å². The number of ether oxygens (including phenoxy) is 2. The second-order valence-corrected chi connectivity index (χ2v) is 9.63. The minimum Gasteiger partial charge on any atom is -0.344 e. The number of aromatic nitrogens is 3. The van der Waals surface area contributed by atoms with Crippen molar-refractivity contribution >= 4 is 28.2 Å². The molecular weight excluding hydrogens is 465 g/mol. The zero-order valence-electron chi connectivity index (χ0n) is 20.0. The molecule has 1 N–H and O–H groups in total. The molecule has 0 radical (unpaired) electrons. The first kappa shape index (κ1) is 22.6. The molecule has 2 aromatic carbocycles. The second-order valence-electron chi connectivity index (χ2n) is 9.63. The summed E-state index contributed by atoms with van der Waals surface area (Å²) in [6.07, 6.45) is 2.22. The Balaban J connectivity index is 1.42. The first-order chi connectivity index (χ1) is 17.2. The fraction of sp³-hybridized carbons (Fsp3) is 0.308. The van der Waals surface area contributed by atoms with E-state index in [1.54, 1.807) is 13.1 Å². The summed E-state index contributed by atoms with van der Waals surface area (Å²) in [6, 6.07) is 12.3. The Morgan fingerprint density at radius 3 is 2.78 bits per heavy atom. The van der Waals surface area contributed by atoms with Crippen LogP contribution in [0.5, 0.6) is 0 Å². The number of benzene rings is 2. The van der Waals surface area contributed by atoms with E-state index in [-0.39, 0.29) is 18.2 Å². The van der Waals surface area contributed by atoms with Gasteiger partial charge < -0.3 is 19.4 Å². The van der Waals surface area contributed by atoms with Crippen LogP contribution in [0.3, 0.4) is 0 Å². The third-order valence-corrected chi connectivity index (χ3v) is 6.77. The van der Waals surface area contributed by atoms with Crippen molar-refractivity contribution in [2.24, 2.45) is 0 Å². The maximum Gasteiger partial charge on any atom is 0.306 e. The highest BCUT2D eigenvalue weighted by Crippen LogP contribution is 2.42. The minimum atomic E-state index is -0.885. The molecule has 1 fully saturated rings. The van der Waals surface area contributed by atoms with Crippen molar-refractivity contribution in [2.75, 3.05) is 5.32 Å². The van der Waals surface area contributed by atoms with Gasteiger partial charge in [-0.15, -0.1) is 0 Å². The average Bonchev–Trinajstić information content (AvgIpc) is 3.30. The lowest BCUT2D eigenvalue weighted by atomic mass is 9.99. The van der Waals surface area contributed by atoms with E-state index in [9.17, 15) is 14.5 Å². The summed E-state index contributed by atoms with van der Waals surface area (Å²) in [5.41, 5.74) is 4.16. The number of para-hydroxylation sites is 1. The number of halogens is 1. The van der Waals surface area contributed by atoms with Crippen LogP contribution in [0.2, 0.25) is 0 Å². The van der Waals surface area contributed by atoms with Crippen LogP contribution in [0.25, 0.3) is 22.2 Å². The van der Waals surface area contributed by atoms with Crippen LogP contribution < -0.4 is 5.32 Å². The Morgan fingerprint density at radius 2 is 1.97 bits per heavy atom. The van der Waals surface area contributed by atoms with Crippen molar-refractivity contribution in [3.63, 3.8) is 0 Å². The largest absolute Gasteiger partial charge is 0.344 e. The minimum absolute atomic E-state index is 0.0315. The highest BCUT2D eigenvalue weighted by atomic mass is 19.1. The van der Waals surface area contributed by atoms with Crippen molar-refractivity contribution < 1.29 is 18.8 Å². The van der Waals surface area contributed by atoms with Crippen LogP contribution in [-0.2, 0) is 22.4 Å². The first-order valence-corrected chi connectivity index (χ1v) is 11.7. The van der Waals surface area contributed by atoms with Crippen LogP contribution in [0.1, 0.15) is 25.1 Å². The zero-order valence-corrected chi connectivity index (χ0v) is 20.0. The van der Waals surface area contributed by atoms with E-state index in [1.807, 2.05) is 32.0 Å². The van der Waals surface area contributed by atoms with Crippen molar-refractivity contribution in [3.8, 4) is 11.3 Å². The smallest absolute Gasteiger partial charge is 0.306 e. The van der Waals surface area contributed by atoms with E-state index < -0.39 is 22.2 Å². The van der Waals surface area contributed by atoms with Gasteiger partial charge in [0.05, 0.1) is 29.0 Å². The molecule has 4 aromatic rings. The monoisotopic (exact) mass is 489 g/mol. The summed E-state index contributed by atoms with van der Waals surface area (Å²) >= 11 is 0. The van der Waals surface area contributed by atoms with Gasteiger partial charge in [0, 0.05) is 40.8 Å². The molecule has 2 atom stereocenters. The van der Waals surface area contributed by atoms with Crippen LogP contribution in [0.15, 0.2) is 48.7 Å². The van der Waals surface area contributed by atoms with Gasteiger partial charge >= 0.3 is 5.69 Å². The van der Waals surface area contributed by atoms with Gasteiger partial charge in [0.25, 0.3) is 0 Å². The summed E-state index contributed by atoms with van der Waals surface area (Å²) in [5, 5.41) is 15.3. The Morgan fingerprint density at radius 1 is 1.19 bits per heavy atom. The number of aryl methyl sites for hydroxylation is 1. The maximum absolute atomic E-state index is 14.0. The molecule has 9 nitrogen and oxygen atoms in total. The predicted octanol–water partition coefficient (Wildman–Crippen LogP) is 5.27. The Bertz CT molecular complexity index is 1530. The zero-order chi connectivity index (χ0) is 25.2. The average molecular weight is 490 g/mol. The third kappa shape index (κ3) is 3.69. The SMILES string of the molecule is Cc1cc(F)c([N+](=O)[O-])cc1Nc1nccc(-c2c3n(c4ccccc24)CC2OC(C)(C)OC2C3)n1. The quantitative estimate of drug-likeness (QED) is 0.307. The number of fused-ring (bicyclic) bond motifs is 4.